The third-order valence-corrected chi connectivity index (χ3v) is 6.25. The molecule has 0 amide bonds. The number of rotatable bonds is 6. The highest BCUT2D eigenvalue weighted by Gasteiger charge is 2.34. The van der Waals surface area contributed by atoms with E-state index in [1.807, 2.05) is 6.92 Å². The summed E-state index contributed by atoms with van der Waals surface area (Å²) in [7, 11) is 0. The van der Waals surface area contributed by atoms with Crippen LogP contribution in [0.5, 0.6) is 0 Å². The normalized spacial score (nSPS) is 23.3. The van der Waals surface area contributed by atoms with Crippen molar-refractivity contribution in [2.45, 2.75) is 71.5 Å². The van der Waals surface area contributed by atoms with Crippen molar-refractivity contribution in [3.63, 3.8) is 0 Å². The molecule has 27 heavy (non-hydrogen) atoms. The number of hydrogen-bond acceptors (Lipinski definition) is 6. The van der Waals surface area contributed by atoms with E-state index in [1.54, 1.807) is 0 Å². The van der Waals surface area contributed by atoms with Gasteiger partial charge in [-0.25, -0.2) is 9.97 Å². The minimum absolute atomic E-state index is 0.253. The molecular weight excluding hydrogens is 338 g/mol. The van der Waals surface area contributed by atoms with Gasteiger partial charge in [-0.05, 0) is 59.5 Å². The summed E-state index contributed by atoms with van der Waals surface area (Å²) >= 11 is 0. The second-order valence-corrected chi connectivity index (χ2v) is 8.33. The van der Waals surface area contributed by atoms with E-state index >= 15 is 0 Å². The van der Waals surface area contributed by atoms with Crippen molar-refractivity contribution in [2.24, 2.45) is 0 Å². The molecule has 0 aliphatic carbocycles. The molecule has 0 bridgehead atoms. The summed E-state index contributed by atoms with van der Waals surface area (Å²) in [5.74, 6) is 1.91. The van der Waals surface area contributed by atoms with E-state index in [0.29, 0.717) is 18.1 Å². The lowest BCUT2D eigenvalue weighted by Crippen LogP contribution is -2.59. The number of aromatic nitrogens is 2. The van der Waals surface area contributed by atoms with Crippen LogP contribution >= 0.6 is 0 Å². The molecule has 6 nitrogen and oxygen atoms in total. The van der Waals surface area contributed by atoms with Crippen molar-refractivity contribution in [1.82, 2.24) is 19.8 Å². The maximum atomic E-state index is 9.65. The van der Waals surface area contributed by atoms with Gasteiger partial charge in [-0.1, -0.05) is 6.92 Å². The van der Waals surface area contributed by atoms with E-state index in [1.165, 1.54) is 25.9 Å². The number of aliphatic hydroxyl groups excluding tert-OH is 1. The van der Waals surface area contributed by atoms with E-state index in [2.05, 4.69) is 46.5 Å². The predicted molar refractivity (Wildman–Crippen MR) is 110 cm³/mol. The molecule has 0 saturated carbocycles. The van der Waals surface area contributed by atoms with Crippen LogP contribution in [0.25, 0.3) is 0 Å². The first-order valence-electron chi connectivity index (χ1n) is 10.7. The van der Waals surface area contributed by atoms with Crippen molar-refractivity contribution >= 4 is 5.82 Å². The molecule has 152 valence electrons. The van der Waals surface area contributed by atoms with Gasteiger partial charge in [-0.3, -0.25) is 4.90 Å². The molecule has 1 N–H and O–H groups in total. The highest BCUT2D eigenvalue weighted by molar-refractivity contribution is 5.41. The second kappa shape index (κ2) is 9.30. The maximum absolute atomic E-state index is 9.65. The van der Waals surface area contributed by atoms with Gasteiger partial charge in [0.15, 0.2) is 0 Å². The molecule has 0 radical (unpaired) electrons. The van der Waals surface area contributed by atoms with Gasteiger partial charge in [0.25, 0.3) is 0 Å². The number of anilines is 1. The van der Waals surface area contributed by atoms with E-state index < -0.39 is 0 Å². The molecule has 2 saturated heterocycles. The highest BCUT2D eigenvalue weighted by atomic mass is 16.3. The Kier molecular flexibility index (Phi) is 7.06. The van der Waals surface area contributed by atoms with Gasteiger partial charge in [-0.15, -0.1) is 0 Å². The summed E-state index contributed by atoms with van der Waals surface area (Å²) in [6, 6.07) is 3.83. The topological polar surface area (TPSA) is 55.7 Å². The molecule has 2 fully saturated rings. The molecule has 6 heteroatoms. The van der Waals surface area contributed by atoms with Crippen LogP contribution in [0.2, 0.25) is 0 Å². The van der Waals surface area contributed by atoms with E-state index in [-0.39, 0.29) is 6.61 Å². The zero-order valence-electron chi connectivity index (χ0n) is 17.6. The highest BCUT2D eigenvalue weighted by Crippen LogP contribution is 2.26. The molecule has 0 spiro atoms. The molecule has 1 atom stereocenters. The fourth-order valence-corrected chi connectivity index (χ4v) is 4.65. The lowest BCUT2D eigenvalue weighted by molar-refractivity contribution is 0.0462. The van der Waals surface area contributed by atoms with Crippen molar-refractivity contribution in [3.05, 3.63) is 17.6 Å². The quantitative estimate of drug-likeness (QED) is 0.822. The minimum atomic E-state index is 0.253. The standard InChI is InChI=1S/C21H37N5O/c1-5-18-14-21(23-17(4)22-18)25-11-12-26(20(15-25)8-13-27)19-6-9-24(10-7-19)16(2)3/h14,16,19-20,27H,5-13,15H2,1-4H3/t20-/m0/s1. The largest absolute Gasteiger partial charge is 0.396 e. The average Bonchev–Trinajstić information content (AvgIpc) is 2.67. The fourth-order valence-electron chi connectivity index (χ4n) is 4.65. The van der Waals surface area contributed by atoms with Gasteiger partial charge in [0.1, 0.15) is 11.6 Å². The van der Waals surface area contributed by atoms with Crippen LogP contribution in [-0.4, -0.2) is 82.3 Å². The van der Waals surface area contributed by atoms with Crippen LogP contribution in [0, 0.1) is 6.92 Å². The number of nitrogens with zero attached hydrogens (tertiary/aromatic N) is 5. The molecule has 3 heterocycles. The Bertz CT molecular complexity index is 600. The monoisotopic (exact) mass is 375 g/mol. The SMILES string of the molecule is CCc1cc(N2CCN(C3CCN(C(C)C)CC3)[C@@H](CCO)C2)nc(C)n1. The average molecular weight is 376 g/mol. The summed E-state index contributed by atoms with van der Waals surface area (Å²) in [5.41, 5.74) is 1.11. The minimum Gasteiger partial charge on any atom is -0.396 e. The van der Waals surface area contributed by atoms with Crippen molar-refractivity contribution in [3.8, 4) is 0 Å². The summed E-state index contributed by atoms with van der Waals surface area (Å²) in [4.78, 5) is 16.9. The van der Waals surface area contributed by atoms with Gasteiger partial charge in [0.2, 0.25) is 0 Å². The predicted octanol–water partition coefficient (Wildman–Crippen LogP) is 2.09. The third kappa shape index (κ3) is 4.98. The van der Waals surface area contributed by atoms with Crippen molar-refractivity contribution in [2.75, 3.05) is 44.2 Å². The summed E-state index contributed by atoms with van der Waals surface area (Å²) in [6.45, 7) is 14.4. The summed E-state index contributed by atoms with van der Waals surface area (Å²) in [6.07, 6.45) is 4.26. The van der Waals surface area contributed by atoms with E-state index in [0.717, 1.165) is 49.8 Å². The Morgan fingerprint density at radius 3 is 2.52 bits per heavy atom. The van der Waals surface area contributed by atoms with Crippen LogP contribution in [0.1, 0.15) is 51.6 Å². The Morgan fingerprint density at radius 2 is 1.89 bits per heavy atom. The van der Waals surface area contributed by atoms with E-state index in [4.69, 9.17) is 4.98 Å². The zero-order valence-corrected chi connectivity index (χ0v) is 17.6. The van der Waals surface area contributed by atoms with Crippen molar-refractivity contribution in [1.29, 1.82) is 0 Å². The van der Waals surface area contributed by atoms with Crippen LogP contribution in [-0.2, 0) is 6.42 Å². The zero-order chi connectivity index (χ0) is 19.4. The number of hydrogen-bond donors (Lipinski definition) is 1. The Balaban J connectivity index is 1.68. The summed E-state index contributed by atoms with van der Waals surface area (Å²) < 4.78 is 0. The number of piperazine rings is 1. The number of likely N-dealkylation sites (tertiary alicyclic amines) is 1. The van der Waals surface area contributed by atoms with Gasteiger partial charge < -0.3 is 14.9 Å². The first-order chi connectivity index (χ1) is 13.0. The third-order valence-electron chi connectivity index (χ3n) is 6.25. The molecule has 2 aliphatic rings. The molecule has 2 aliphatic heterocycles. The number of aliphatic hydroxyl groups is 1. The summed E-state index contributed by atoms with van der Waals surface area (Å²) in [5, 5.41) is 9.65. The van der Waals surface area contributed by atoms with Crippen LogP contribution in [0.4, 0.5) is 5.82 Å². The smallest absolute Gasteiger partial charge is 0.132 e. The van der Waals surface area contributed by atoms with Gasteiger partial charge in [0, 0.05) is 56.1 Å². The Morgan fingerprint density at radius 1 is 1.15 bits per heavy atom. The number of aryl methyl sites for hydroxylation is 2. The van der Waals surface area contributed by atoms with Crippen LogP contribution < -0.4 is 4.90 Å². The molecule has 1 aromatic rings. The molecule has 1 aromatic heterocycles. The van der Waals surface area contributed by atoms with Crippen LogP contribution in [0.3, 0.4) is 0 Å². The van der Waals surface area contributed by atoms with Gasteiger partial charge in [-0.2, -0.15) is 0 Å². The van der Waals surface area contributed by atoms with Gasteiger partial charge in [0.05, 0.1) is 0 Å². The maximum Gasteiger partial charge on any atom is 0.132 e. The first kappa shape index (κ1) is 20.5. The Labute approximate surface area is 164 Å². The van der Waals surface area contributed by atoms with Crippen molar-refractivity contribution < 1.29 is 5.11 Å². The van der Waals surface area contributed by atoms with Crippen LogP contribution in [0.15, 0.2) is 6.07 Å². The Hall–Kier alpha value is -1.24. The molecule has 0 unspecified atom stereocenters. The fraction of sp³-hybridized carbons (Fsp3) is 0.810. The lowest BCUT2D eigenvalue weighted by Gasteiger charge is -2.48. The molecule has 0 aromatic carbocycles. The van der Waals surface area contributed by atoms with E-state index in [9.17, 15) is 5.11 Å². The second-order valence-electron chi connectivity index (χ2n) is 8.33. The lowest BCUT2D eigenvalue weighted by atomic mass is 9.97. The molecule has 3 rings (SSSR count). The molecular formula is C21H37N5O. The first-order valence-corrected chi connectivity index (χ1v) is 10.7. The van der Waals surface area contributed by atoms with Gasteiger partial charge >= 0.3 is 0 Å². The number of piperidine rings is 1.